The number of pyridine rings is 2. The Balaban J connectivity index is 0.000000329. The molecule has 0 bridgehead atoms. The summed E-state index contributed by atoms with van der Waals surface area (Å²) in [6, 6.07) is 12.7. The molecule has 0 saturated carbocycles. The minimum atomic E-state index is -0.476. The van der Waals surface area contributed by atoms with Gasteiger partial charge in [-0.3, -0.25) is 9.59 Å². The fourth-order valence-electron chi connectivity index (χ4n) is 5.18. The van der Waals surface area contributed by atoms with Crippen LogP contribution >= 0.6 is 36.0 Å². The molecule has 0 radical (unpaired) electrons. The molecule has 53 heavy (non-hydrogen) atoms. The Bertz CT molecular complexity index is 1920. The van der Waals surface area contributed by atoms with Crippen LogP contribution < -0.4 is 37.5 Å². The molecule has 11 nitrogen and oxygen atoms in total. The lowest BCUT2D eigenvalue weighted by molar-refractivity contribution is -0.120. The molecule has 0 saturated heterocycles. The third kappa shape index (κ3) is 14.3. The number of hydrazine groups is 1. The minimum Gasteiger partial charge on any atom is -0.481 e. The number of amides is 1. The first-order valence-electron chi connectivity index (χ1n) is 16.2. The second-order valence-corrected chi connectivity index (χ2v) is 13.4. The molecule has 8 N–H and O–H groups in total. The second-order valence-electron chi connectivity index (χ2n) is 12.0. The van der Waals surface area contributed by atoms with E-state index in [9.17, 15) is 18.4 Å². The lowest BCUT2D eigenvalue weighted by Crippen LogP contribution is -2.34. The number of nitrogens with zero attached hydrogens (tertiary/aromatic N) is 2. The Morgan fingerprint density at radius 3 is 1.55 bits per heavy atom. The molecule has 0 aliphatic rings. The van der Waals surface area contributed by atoms with E-state index >= 15 is 0 Å². The maximum Gasteiger partial charge on any atom is 0.226 e. The number of hydrogen-bond acceptors (Lipinski definition) is 9. The van der Waals surface area contributed by atoms with Gasteiger partial charge in [-0.05, 0) is 117 Å². The fourth-order valence-corrected chi connectivity index (χ4v) is 5.39. The van der Waals surface area contributed by atoms with E-state index in [2.05, 4.69) is 33.3 Å². The molecule has 0 fully saturated rings. The fraction of sp³-hybridized carbons (Fsp3) is 0.297. The Morgan fingerprint density at radius 1 is 0.792 bits per heavy atom. The zero-order valence-corrected chi connectivity index (χ0v) is 32.6. The van der Waals surface area contributed by atoms with Crippen molar-refractivity contribution in [3.05, 3.63) is 94.8 Å². The van der Waals surface area contributed by atoms with E-state index in [1.807, 2.05) is 33.1 Å². The van der Waals surface area contributed by atoms with Gasteiger partial charge in [0.05, 0.1) is 32.2 Å². The SMILES string of the molecule is COc1cc(-c2cc(F)cc(C(C)C)c2CC(=O)Cl)ccn1.COc1cc(-c2cc(F)cc(C(C)C)c2CC(=O)NCC(N)=S)ccn1.NNC(N)=S. The summed E-state index contributed by atoms with van der Waals surface area (Å²) >= 11 is 14.6. The van der Waals surface area contributed by atoms with Gasteiger partial charge in [0.1, 0.15) is 11.6 Å². The first-order chi connectivity index (χ1) is 25.0. The number of benzene rings is 2. The van der Waals surface area contributed by atoms with Crippen molar-refractivity contribution in [3.63, 3.8) is 0 Å². The van der Waals surface area contributed by atoms with Crippen molar-refractivity contribution >= 4 is 57.3 Å². The maximum atomic E-state index is 14.2. The number of methoxy groups -OCH3 is 2. The van der Waals surface area contributed by atoms with Crippen molar-refractivity contribution in [2.75, 3.05) is 20.8 Å². The standard InChI is InChI=1S/C19H22FN3O2S.C17H17ClFNO2.CH5N3S/c1-11(2)14-7-13(20)8-15(12-4-5-22-19(6-12)25-3)16(14)9-18(24)23-10-17(21)26;1-10(2)13-7-12(19)8-14(15(13)9-16(18)21)11-4-5-20-17(6-11)22-3;2-1(5)4-3/h4-8,11H,9-10H2,1-3H3,(H2,21,26)(H,23,24);4-8,10H,9H2,1-3H3;3H2,(H3,2,4,5). The summed E-state index contributed by atoms with van der Waals surface area (Å²) in [6.45, 7) is 7.96. The van der Waals surface area contributed by atoms with E-state index in [1.165, 1.54) is 38.5 Å². The van der Waals surface area contributed by atoms with E-state index in [1.54, 1.807) is 36.7 Å². The third-order valence-electron chi connectivity index (χ3n) is 7.51. The van der Waals surface area contributed by atoms with Crippen molar-refractivity contribution in [2.24, 2.45) is 17.3 Å². The molecular formula is C37H44ClF2N7O4S2. The van der Waals surface area contributed by atoms with E-state index in [0.717, 1.165) is 33.4 Å². The molecule has 0 aliphatic heterocycles. The predicted octanol–water partition coefficient (Wildman–Crippen LogP) is 5.99. The molecule has 16 heteroatoms. The smallest absolute Gasteiger partial charge is 0.226 e. The summed E-state index contributed by atoms with van der Waals surface area (Å²) in [5.74, 6) is 4.69. The molecule has 0 unspecified atom stereocenters. The number of halogens is 3. The van der Waals surface area contributed by atoms with Crippen LogP contribution in [0.3, 0.4) is 0 Å². The molecule has 1 amide bonds. The summed E-state index contributed by atoms with van der Waals surface area (Å²) in [5, 5.41) is 2.32. The highest BCUT2D eigenvalue weighted by Gasteiger charge is 2.20. The topological polar surface area (TPSA) is 181 Å². The van der Waals surface area contributed by atoms with E-state index in [4.69, 9.17) is 44.8 Å². The van der Waals surface area contributed by atoms with Gasteiger partial charge >= 0.3 is 0 Å². The highest BCUT2D eigenvalue weighted by atomic mass is 35.5. The lowest BCUT2D eigenvalue weighted by atomic mass is 9.88. The molecule has 4 rings (SSSR count). The Labute approximate surface area is 324 Å². The quantitative estimate of drug-likeness (QED) is 0.0491. The van der Waals surface area contributed by atoms with Gasteiger partial charge in [-0.25, -0.2) is 24.6 Å². The van der Waals surface area contributed by atoms with Crippen LogP contribution in [-0.4, -0.2) is 52.0 Å². The Morgan fingerprint density at radius 2 is 1.21 bits per heavy atom. The van der Waals surface area contributed by atoms with Gasteiger partial charge in [0, 0.05) is 30.9 Å². The first-order valence-corrected chi connectivity index (χ1v) is 17.3. The molecule has 2 heterocycles. The highest BCUT2D eigenvalue weighted by molar-refractivity contribution is 7.80. The molecule has 2 aromatic heterocycles. The highest BCUT2D eigenvalue weighted by Crippen LogP contribution is 2.34. The summed E-state index contributed by atoms with van der Waals surface area (Å²) in [6.07, 6.45) is 3.32. The average Bonchev–Trinajstić information content (AvgIpc) is 3.11. The first kappa shape index (κ1) is 44.3. The number of nitrogens with one attached hydrogen (secondary N) is 2. The van der Waals surface area contributed by atoms with Gasteiger partial charge in [-0.15, -0.1) is 0 Å². The van der Waals surface area contributed by atoms with E-state index in [-0.39, 0.29) is 58.9 Å². The third-order valence-corrected chi connectivity index (χ3v) is 7.90. The van der Waals surface area contributed by atoms with Crippen LogP contribution in [0.4, 0.5) is 8.78 Å². The van der Waals surface area contributed by atoms with Crippen LogP contribution in [0.15, 0.2) is 60.9 Å². The van der Waals surface area contributed by atoms with Crippen LogP contribution in [0.5, 0.6) is 11.8 Å². The van der Waals surface area contributed by atoms with Crippen LogP contribution in [0.25, 0.3) is 22.3 Å². The lowest BCUT2D eigenvalue weighted by Gasteiger charge is -2.18. The molecule has 2 aromatic carbocycles. The second kappa shape index (κ2) is 21.6. The zero-order valence-electron chi connectivity index (χ0n) is 30.3. The van der Waals surface area contributed by atoms with E-state index < -0.39 is 5.24 Å². The van der Waals surface area contributed by atoms with Crippen LogP contribution in [-0.2, 0) is 22.4 Å². The summed E-state index contributed by atoms with van der Waals surface area (Å²) in [7, 11) is 3.03. The molecule has 0 aliphatic carbocycles. The van der Waals surface area contributed by atoms with Gasteiger partial charge in [-0.2, -0.15) is 0 Å². The van der Waals surface area contributed by atoms with Crippen molar-refractivity contribution < 1.29 is 27.8 Å². The maximum absolute atomic E-state index is 14.2. The molecule has 0 atom stereocenters. The number of rotatable bonds is 12. The van der Waals surface area contributed by atoms with Crippen molar-refractivity contribution in [2.45, 2.75) is 52.4 Å². The van der Waals surface area contributed by atoms with Gasteiger partial charge < -0.3 is 31.7 Å². The van der Waals surface area contributed by atoms with Crippen molar-refractivity contribution in [1.82, 2.24) is 20.7 Å². The monoisotopic (exact) mass is 787 g/mol. The van der Waals surface area contributed by atoms with Gasteiger partial charge in [0.25, 0.3) is 0 Å². The summed E-state index contributed by atoms with van der Waals surface area (Å²) < 4.78 is 38.5. The molecule has 284 valence electrons. The Kier molecular flexibility index (Phi) is 18.1. The number of carbonyl (C=O) groups is 2. The summed E-state index contributed by atoms with van der Waals surface area (Å²) in [5.41, 5.74) is 18.1. The van der Waals surface area contributed by atoms with Gasteiger partial charge in [0.15, 0.2) is 5.11 Å². The average molecular weight is 788 g/mol. The van der Waals surface area contributed by atoms with Crippen LogP contribution in [0.1, 0.15) is 61.8 Å². The van der Waals surface area contributed by atoms with Crippen molar-refractivity contribution in [3.8, 4) is 34.0 Å². The van der Waals surface area contributed by atoms with Crippen molar-refractivity contribution in [1.29, 1.82) is 0 Å². The van der Waals surface area contributed by atoms with Gasteiger partial charge in [-0.1, -0.05) is 39.9 Å². The number of thiocarbonyl (C=S) groups is 2. The minimum absolute atomic E-state index is 0.0477. The zero-order chi connectivity index (χ0) is 39.8. The van der Waals surface area contributed by atoms with E-state index in [0.29, 0.717) is 22.9 Å². The summed E-state index contributed by atoms with van der Waals surface area (Å²) in [4.78, 5) is 32.1. The number of aromatic nitrogens is 2. The predicted molar refractivity (Wildman–Crippen MR) is 213 cm³/mol. The number of ether oxygens (including phenoxy) is 2. The molecular weight excluding hydrogens is 744 g/mol. The molecule has 0 spiro atoms. The van der Waals surface area contributed by atoms with Crippen LogP contribution in [0.2, 0.25) is 0 Å². The Hall–Kier alpha value is -4.83. The largest absolute Gasteiger partial charge is 0.481 e. The number of hydrogen-bond donors (Lipinski definition) is 5. The van der Waals surface area contributed by atoms with Gasteiger partial charge in [0.2, 0.25) is 22.9 Å². The normalized spacial score (nSPS) is 10.3. The number of nitrogens with two attached hydrogens (primary N) is 3. The molecule has 4 aromatic rings. The van der Waals surface area contributed by atoms with Crippen LogP contribution in [0, 0.1) is 11.6 Å². The number of carbonyl (C=O) groups excluding carboxylic acids is 2.